The SMILES string of the molecule is CCNCc1ccc(N(C)Cc2ccccc2OC)nc1. The fourth-order valence-corrected chi connectivity index (χ4v) is 2.19. The largest absolute Gasteiger partial charge is 0.496 e. The Labute approximate surface area is 126 Å². The van der Waals surface area contributed by atoms with Crippen molar-refractivity contribution in [3.05, 3.63) is 53.7 Å². The van der Waals surface area contributed by atoms with Crippen LogP contribution in [0, 0.1) is 0 Å². The third-order valence-corrected chi connectivity index (χ3v) is 3.38. The summed E-state index contributed by atoms with van der Waals surface area (Å²) >= 11 is 0. The average Bonchev–Trinajstić information content (AvgIpc) is 2.54. The molecule has 0 aliphatic heterocycles. The lowest BCUT2D eigenvalue weighted by molar-refractivity contribution is 0.409. The standard InChI is InChI=1S/C17H23N3O/c1-4-18-11-14-9-10-17(19-12-14)20(2)13-15-7-5-6-8-16(15)21-3/h5-10,12,18H,4,11,13H2,1-3H3. The minimum absolute atomic E-state index is 0.767. The predicted molar refractivity (Wildman–Crippen MR) is 86.7 cm³/mol. The molecule has 21 heavy (non-hydrogen) atoms. The normalized spacial score (nSPS) is 10.4. The molecule has 0 unspecified atom stereocenters. The van der Waals surface area contributed by atoms with E-state index in [0.29, 0.717) is 0 Å². The van der Waals surface area contributed by atoms with Crippen molar-refractivity contribution < 1.29 is 4.74 Å². The molecule has 0 aliphatic carbocycles. The number of pyridine rings is 1. The van der Waals surface area contributed by atoms with E-state index in [4.69, 9.17) is 4.74 Å². The number of hydrogen-bond donors (Lipinski definition) is 1. The molecule has 0 saturated heterocycles. The molecule has 2 rings (SSSR count). The molecule has 1 aromatic heterocycles. The molecule has 4 heteroatoms. The molecule has 0 radical (unpaired) electrons. The Morgan fingerprint density at radius 1 is 1.19 bits per heavy atom. The fourth-order valence-electron chi connectivity index (χ4n) is 2.19. The predicted octanol–water partition coefficient (Wildman–Crippen LogP) is 2.84. The minimum atomic E-state index is 0.767. The number of anilines is 1. The average molecular weight is 285 g/mol. The molecule has 0 spiro atoms. The van der Waals surface area contributed by atoms with Gasteiger partial charge in [-0.1, -0.05) is 31.2 Å². The second kappa shape index (κ2) is 7.64. The van der Waals surface area contributed by atoms with Gasteiger partial charge in [0.15, 0.2) is 0 Å². The van der Waals surface area contributed by atoms with Gasteiger partial charge in [0, 0.05) is 31.9 Å². The zero-order valence-corrected chi connectivity index (χ0v) is 13.0. The molecular formula is C17H23N3O. The summed E-state index contributed by atoms with van der Waals surface area (Å²) in [7, 11) is 3.74. The number of nitrogens with zero attached hydrogens (tertiary/aromatic N) is 2. The third kappa shape index (κ3) is 4.20. The minimum Gasteiger partial charge on any atom is -0.496 e. The Balaban J connectivity index is 2.04. The van der Waals surface area contributed by atoms with E-state index in [1.165, 1.54) is 5.56 Å². The summed E-state index contributed by atoms with van der Waals surface area (Å²) in [4.78, 5) is 6.65. The lowest BCUT2D eigenvalue weighted by Gasteiger charge is -2.20. The van der Waals surface area contributed by atoms with E-state index in [-0.39, 0.29) is 0 Å². The highest BCUT2D eigenvalue weighted by Gasteiger charge is 2.07. The van der Waals surface area contributed by atoms with Crippen LogP contribution in [0.2, 0.25) is 0 Å². The van der Waals surface area contributed by atoms with Crippen LogP contribution in [0.25, 0.3) is 0 Å². The first-order chi connectivity index (χ1) is 10.2. The van der Waals surface area contributed by atoms with E-state index in [1.807, 2.05) is 31.4 Å². The van der Waals surface area contributed by atoms with E-state index in [0.717, 1.165) is 36.8 Å². The molecule has 0 saturated carbocycles. The van der Waals surface area contributed by atoms with Crippen molar-refractivity contribution >= 4 is 5.82 Å². The van der Waals surface area contributed by atoms with Crippen LogP contribution < -0.4 is 15.0 Å². The second-order valence-electron chi connectivity index (χ2n) is 4.97. The van der Waals surface area contributed by atoms with Crippen molar-refractivity contribution in [1.29, 1.82) is 0 Å². The molecule has 4 nitrogen and oxygen atoms in total. The van der Waals surface area contributed by atoms with Crippen molar-refractivity contribution in [2.24, 2.45) is 0 Å². The Hall–Kier alpha value is -2.07. The summed E-state index contributed by atoms with van der Waals surface area (Å²) in [5.74, 6) is 1.87. The van der Waals surface area contributed by atoms with E-state index < -0.39 is 0 Å². The number of methoxy groups -OCH3 is 1. The molecule has 0 bridgehead atoms. The fraction of sp³-hybridized carbons (Fsp3) is 0.353. The Morgan fingerprint density at radius 3 is 2.67 bits per heavy atom. The zero-order chi connectivity index (χ0) is 15.1. The van der Waals surface area contributed by atoms with Gasteiger partial charge < -0.3 is 15.0 Å². The molecule has 0 fully saturated rings. The second-order valence-corrected chi connectivity index (χ2v) is 4.97. The number of hydrogen-bond acceptors (Lipinski definition) is 4. The Bertz CT molecular complexity index is 554. The van der Waals surface area contributed by atoms with Gasteiger partial charge >= 0.3 is 0 Å². The van der Waals surface area contributed by atoms with Crippen LogP contribution in [-0.4, -0.2) is 25.7 Å². The van der Waals surface area contributed by atoms with E-state index >= 15 is 0 Å². The molecule has 0 atom stereocenters. The zero-order valence-electron chi connectivity index (χ0n) is 13.0. The number of aromatic nitrogens is 1. The van der Waals surface area contributed by atoms with Crippen molar-refractivity contribution in [2.75, 3.05) is 25.6 Å². The van der Waals surface area contributed by atoms with Crippen molar-refractivity contribution in [3.63, 3.8) is 0 Å². The van der Waals surface area contributed by atoms with Gasteiger partial charge in [-0.2, -0.15) is 0 Å². The van der Waals surface area contributed by atoms with Gasteiger partial charge in [0.2, 0.25) is 0 Å². The van der Waals surface area contributed by atoms with Crippen LogP contribution in [0.3, 0.4) is 0 Å². The van der Waals surface area contributed by atoms with Gasteiger partial charge in [0.25, 0.3) is 0 Å². The maximum Gasteiger partial charge on any atom is 0.128 e. The quantitative estimate of drug-likeness (QED) is 0.849. The smallest absolute Gasteiger partial charge is 0.128 e. The highest BCUT2D eigenvalue weighted by atomic mass is 16.5. The monoisotopic (exact) mass is 285 g/mol. The maximum atomic E-state index is 5.39. The first kappa shape index (κ1) is 15.3. The van der Waals surface area contributed by atoms with Crippen molar-refractivity contribution in [3.8, 4) is 5.75 Å². The molecule has 1 heterocycles. The molecule has 0 amide bonds. The third-order valence-electron chi connectivity index (χ3n) is 3.38. The number of para-hydroxylation sites is 1. The summed E-state index contributed by atoms with van der Waals surface area (Å²) < 4.78 is 5.39. The number of nitrogens with one attached hydrogen (secondary N) is 1. The van der Waals surface area contributed by atoms with E-state index in [9.17, 15) is 0 Å². The topological polar surface area (TPSA) is 37.4 Å². The highest BCUT2D eigenvalue weighted by Crippen LogP contribution is 2.21. The molecule has 0 aliphatic rings. The highest BCUT2D eigenvalue weighted by molar-refractivity contribution is 5.42. The van der Waals surface area contributed by atoms with E-state index in [1.54, 1.807) is 7.11 Å². The van der Waals surface area contributed by atoms with Gasteiger partial charge in [-0.25, -0.2) is 4.98 Å². The van der Waals surface area contributed by atoms with Crippen LogP contribution in [-0.2, 0) is 13.1 Å². The molecule has 2 aromatic rings. The lowest BCUT2D eigenvalue weighted by Crippen LogP contribution is -2.18. The van der Waals surface area contributed by atoms with Gasteiger partial charge in [-0.05, 0) is 24.2 Å². The molecular weight excluding hydrogens is 262 g/mol. The van der Waals surface area contributed by atoms with Gasteiger partial charge in [-0.15, -0.1) is 0 Å². The van der Waals surface area contributed by atoms with Gasteiger partial charge in [-0.3, -0.25) is 0 Å². The first-order valence-electron chi connectivity index (χ1n) is 7.23. The van der Waals surface area contributed by atoms with Gasteiger partial charge in [0.1, 0.15) is 11.6 Å². The van der Waals surface area contributed by atoms with Crippen molar-refractivity contribution in [1.82, 2.24) is 10.3 Å². The summed E-state index contributed by atoms with van der Waals surface area (Å²) in [6, 6.07) is 12.2. The number of rotatable bonds is 7. The van der Waals surface area contributed by atoms with Crippen LogP contribution in [0.5, 0.6) is 5.75 Å². The van der Waals surface area contributed by atoms with Crippen LogP contribution in [0.15, 0.2) is 42.6 Å². The summed E-state index contributed by atoms with van der Waals surface area (Å²) in [5, 5.41) is 3.30. The first-order valence-corrected chi connectivity index (χ1v) is 7.23. The van der Waals surface area contributed by atoms with Crippen molar-refractivity contribution in [2.45, 2.75) is 20.0 Å². The summed E-state index contributed by atoms with van der Waals surface area (Å²) in [5.41, 5.74) is 2.35. The molecule has 1 N–H and O–H groups in total. The molecule has 112 valence electrons. The Morgan fingerprint density at radius 2 is 2.00 bits per heavy atom. The summed E-state index contributed by atoms with van der Waals surface area (Å²) in [6.45, 7) is 4.70. The lowest BCUT2D eigenvalue weighted by atomic mass is 10.2. The van der Waals surface area contributed by atoms with Crippen LogP contribution in [0.1, 0.15) is 18.1 Å². The van der Waals surface area contributed by atoms with Crippen LogP contribution in [0.4, 0.5) is 5.82 Å². The maximum absolute atomic E-state index is 5.39. The van der Waals surface area contributed by atoms with Gasteiger partial charge in [0.05, 0.1) is 7.11 Å². The Kier molecular flexibility index (Phi) is 5.58. The molecule has 1 aromatic carbocycles. The number of benzene rings is 1. The van der Waals surface area contributed by atoms with Crippen LogP contribution >= 0.6 is 0 Å². The summed E-state index contributed by atoms with van der Waals surface area (Å²) in [6.07, 6.45) is 1.93. The van der Waals surface area contributed by atoms with E-state index in [2.05, 4.69) is 40.3 Å². The number of ether oxygens (including phenoxy) is 1.